The summed E-state index contributed by atoms with van der Waals surface area (Å²) in [5.41, 5.74) is 5.36. The van der Waals surface area contributed by atoms with Crippen LogP contribution in [0.5, 0.6) is 0 Å². The highest BCUT2D eigenvalue weighted by molar-refractivity contribution is 7.71. The molecule has 0 aliphatic rings. The fourth-order valence-electron chi connectivity index (χ4n) is 0.530. The van der Waals surface area contributed by atoms with Crippen molar-refractivity contribution in [2.75, 3.05) is 5.73 Å². The summed E-state index contributed by atoms with van der Waals surface area (Å²) in [6.07, 6.45) is 0. The highest BCUT2D eigenvalue weighted by atomic mass is 35.5. The Labute approximate surface area is 73.0 Å². The molecule has 0 bridgehead atoms. The minimum absolute atomic E-state index is 0.284. The molecule has 0 saturated carbocycles. The van der Waals surface area contributed by atoms with Gasteiger partial charge in [0, 0.05) is 0 Å². The Kier molecular flexibility index (Phi) is 2.18. The first kappa shape index (κ1) is 7.85. The van der Waals surface area contributed by atoms with E-state index in [-0.39, 0.29) is 5.15 Å². The maximum absolute atomic E-state index is 5.63. The number of aromatic nitrogens is 1. The number of aromatic amines is 1. The first-order valence-corrected chi connectivity index (χ1v) is 3.61. The summed E-state index contributed by atoms with van der Waals surface area (Å²) in [7, 11) is 0. The molecule has 10 heavy (non-hydrogen) atoms. The Balaban J connectivity index is 3.46. The van der Waals surface area contributed by atoms with Crippen LogP contribution in [-0.4, -0.2) is 4.98 Å². The molecule has 1 aromatic rings. The molecule has 0 aromatic carbocycles. The Morgan fingerprint density at radius 1 is 1.50 bits per heavy atom. The summed E-state index contributed by atoms with van der Waals surface area (Å²) in [6, 6.07) is 1.55. The van der Waals surface area contributed by atoms with Crippen LogP contribution in [0.4, 0.5) is 5.82 Å². The third-order valence-electron chi connectivity index (χ3n) is 0.950. The molecule has 1 rings (SSSR count). The molecule has 0 unspecified atom stereocenters. The van der Waals surface area contributed by atoms with Gasteiger partial charge in [-0.15, -0.1) is 0 Å². The SMILES string of the molecule is Nc1cc(=S)c(Cl)c(Cl)[nH]1. The van der Waals surface area contributed by atoms with Crippen molar-refractivity contribution in [2.24, 2.45) is 0 Å². The molecule has 0 atom stereocenters. The van der Waals surface area contributed by atoms with E-state index in [0.717, 1.165) is 0 Å². The predicted octanol–water partition coefficient (Wildman–Crippen LogP) is 2.63. The summed E-state index contributed by atoms with van der Waals surface area (Å²) >= 11 is 16.0. The van der Waals surface area contributed by atoms with Crippen molar-refractivity contribution < 1.29 is 0 Å². The highest BCUT2D eigenvalue weighted by Crippen LogP contribution is 2.21. The van der Waals surface area contributed by atoms with Crippen LogP contribution in [0.1, 0.15) is 0 Å². The third kappa shape index (κ3) is 1.42. The second kappa shape index (κ2) is 2.78. The molecule has 0 amide bonds. The average Bonchev–Trinajstić information content (AvgIpc) is 1.82. The van der Waals surface area contributed by atoms with E-state index in [0.29, 0.717) is 15.4 Å². The fourth-order valence-corrected chi connectivity index (χ4v) is 1.13. The molecule has 0 aliphatic heterocycles. The molecule has 3 N–H and O–H groups in total. The van der Waals surface area contributed by atoms with Gasteiger partial charge < -0.3 is 10.7 Å². The standard InChI is InChI=1S/C5H4Cl2N2S/c6-4-2(10)1-3(8)9-5(4)7/h1H,(H3,8,9,10). The molecule has 0 spiro atoms. The lowest BCUT2D eigenvalue weighted by atomic mass is 10.5. The van der Waals surface area contributed by atoms with E-state index in [4.69, 9.17) is 41.2 Å². The van der Waals surface area contributed by atoms with Crippen LogP contribution >= 0.6 is 35.4 Å². The number of halogens is 2. The van der Waals surface area contributed by atoms with Gasteiger partial charge in [-0.05, 0) is 6.07 Å². The number of nitrogens with one attached hydrogen (secondary N) is 1. The molecule has 1 aromatic heterocycles. The molecule has 1 heterocycles. The Morgan fingerprint density at radius 3 is 2.60 bits per heavy atom. The third-order valence-corrected chi connectivity index (χ3v) is 2.16. The van der Waals surface area contributed by atoms with E-state index in [2.05, 4.69) is 4.98 Å². The van der Waals surface area contributed by atoms with Crippen molar-refractivity contribution in [2.45, 2.75) is 0 Å². The molecular weight excluding hydrogens is 191 g/mol. The predicted molar refractivity (Wildman–Crippen MR) is 46.1 cm³/mol. The van der Waals surface area contributed by atoms with Crippen LogP contribution in [-0.2, 0) is 0 Å². The summed E-state index contributed by atoms with van der Waals surface area (Å²) in [6.45, 7) is 0. The monoisotopic (exact) mass is 194 g/mol. The topological polar surface area (TPSA) is 41.8 Å². The van der Waals surface area contributed by atoms with Crippen LogP contribution < -0.4 is 5.73 Å². The van der Waals surface area contributed by atoms with Crippen LogP contribution in [0.2, 0.25) is 10.2 Å². The summed E-state index contributed by atoms with van der Waals surface area (Å²) in [5.74, 6) is 0.416. The minimum Gasteiger partial charge on any atom is -0.385 e. The van der Waals surface area contributed by atoms with Gasteiger partial charge in [0.25, 0.3) is 0 Å². The maximum atomic E-state index is 5.63. The molecule has 0 radical (unpaired) electrons. The van der Waals surface area contributed by atoms with E-state index < -0.39 is 0 Å². The Morgan fingerprint density at radius 2 is 2.10 bits per heavy atom. The van der Waals surface area contributed by atoms with Crippen molar-refractivity contribution in [3.63, 3.8) is 0 Å². The smallest absolute Gasteiger partial charge is 0.128 e. The zero-order chi connectivity index (χ0) is 7.72. The largest absolute Gasteiger partial charge is 0.385 e. The van der Waals surface area contributed by atoms with Gasteiger partial charge in [0.1, 0.15) is 11.0 Å². The number of anilines is 1. The van der Waals surface area contributed by atoms with Crippen molar-refractivity contribution in [1.82, 2.24) is 4.98 Å². The number of H-pyrrole nitrogens is 1. The Bertz CT molecular complexity index is 307. The molecular formula is C5H4Cl2N2S. The van der Waals surface area contributed by atoms with Crippen molar-refractivity contribution in [3.05, 3.63) is 20.8 Å². The molecule has 0 aliphatic carbocycles. The van der Waals surface area contributed by atoms with E-state index in [1.54, 1.807) is 6.07 Å². The van der Waals surface area contributed by atoms with Gasteiger partial charge in [-0.3, -0.25) is 0 Å². The lowest BCUT2D eigenvalue weighted by molar-refractivity contribution is 1.33. The minimum atomic E-state index is 0.284. The van der Waals surface area contributed by atoms with Crippen molar-refractivity contribution in [1.29, 1.82) is 0 Å². The van der Waals surface area contributed by atoms with Gasteiger partial charge in [0.05, 0.1) is 9.53 Å². The number of rotatable bonds is 0. The summed E-state index contributed by atoms with van der Waals surface area (Å²) in [4.78, 5) is 2.62. The van der Waals surface area contributed by atoms with Gasteiger partial charge in [0.2, 0.25) is 0 Å². The van der Waals surface area contributed by atoms with Crippen molar-refractivity contribution >= 4 is 41.2 Å². The molecule has 2 nitrogen and oxygen atoms in total. The van der Waals surface area contributed by atoms with E-state index >= 15 is 0 Å². The van der Waals surface area contributed by atoms with Crippen LogP contribution in [0.15, 0.2) is 6.07 Å². The number of hydrogen-bond acceptors (Lipinski definition) is 2. The van der Waals surface area contributed by atoms with E-state index in [1.165, 1.54) is 0 Å². The second-order valence-corrected chi connectivity index (χ2v) is 2.91. The number of pyridine rings is 1. The number of nitrogen functional groups attached to an aromatic ring is 1. The molecule has 0 saturated heterocycles. The lowest BCUT2D eigenvalue weighted by Crippen LogP contribution is -1.89. The zero-order valence-corrected chi connectivity index (χ0v) is 7.15. The summed E-state index contributed by atoms with van der Waals surface area (Å²) < 4.78 is 0.461. The highest BCUT2D eigenvalue weighted by Gasteiger charge is 1.98. The fraction of sp³-hybridized carbons (Fsp3) is 0. The van der Waals surface area contributed by atoms with E-state index in [9.17, 15) is 0 Å². The number of nitrogens with two attached hydrogens (primary N) is 1. The normalized spacial score (nSPS) is 9.80. The van der Waals surface area contributed by atoms with Crippen LogP contribution in [0.25, 0.3) is 0 Å². The maximum Gasteiger partial charge on any atom is 0.128 e. The average molecular weight is 195 g/mol. The van der Waals surface area contributed by atoms with E-state index in [1.807, 2.05) is 0 Å². The molecule has 54 valence electrons. The first-order chi connectivity index (χ1) is 4.61. The van der Waals surface area contributed by atoms with Crippen molar-refractivity contribution in [3.8, 4) is 0 Å². The van der Waals surface area contributed by atoms with Gasteiger partial charge in [-0.2, -0.15) is 0 Å². The Hall–Kier alpha value is -0.250. The van der Waals surface area contributed by atoms with Gasteiger partial charge in [-0.25, -0.2) is 0 Å². The molecule has 5 heteroatoms. The zero-order valence-electron chi connectivity index (χ0n) is 4.82. The summed E-state index contributed by atoms with van der Waals surface area (Å²) in [5, 5.41) is 0.623. The lowest BCUT2D eigenvalue weighted by Gasteiger charge is -1.97. The van der Waals surface area contributed by atoms with Gasteiger partial charge in [0.15, 0.2) is 0 Å². The number of hydrogen-bond donors (Lipinski definition) is 2. The quantitative estimate of drug-likeness (QED) is 0.493. The second-order valence-electron chi connectivity index (χ2n) is 1.72. The van der Waals surface area contributed by atoms with Crippen LogP contribution in [0.3, 0.4) is 0 Å². The van der Waals surface area contributed by atoms with Crippen LogP contribution in [0, 0.1) is 4.51 Å². The molecule has 0 fully saturated rings. The van der Waals surface area contributed by atoms with Gasteiger partial charge >= 0.3 is 0 Å². The first-order valence-electron chi connectivity index (χ1n) is 2.45. The van der Waals surface area contributed by atoms with Gasteiger partial charge in [-0.1, -0.05) is 35.4 Å².